The lowest BCUT2D eigenvalue weighted by Gasteiger charge is -2.11. The average molecular weight is 393 g/mol. The summed E-state index contributed by atoms with van der Waals surface area (Å²) in [6, 6.07) is 0. The van der Waals surface area contributed by atoms with E-state index in [4.69, 9.17) is 4.74 Å². The summed E-state index contributed by atoms with van der Waals surface area (Å²) >= 11 is 0. The molecule has 1 fully saturated rings. The largest absolute Gasteiger partial charge is 0.469 e. The Morgan fingerprint density at radius 2 is 1.65 bits per heavy atom. The van der Waals surface area contributed by atoms with Crippen LogP contribution in [0, 0.1) is 0 Å². The molecule has 1 heterocycles. The van der Waals surface area contributed by atoms with Crippen LogP contribution in [0.2, 0.25) is 0 Å². The average Bonchev–Trinajstić information content (AvgIpc) is 3.34. The summed E-state index contributed by atoms with van der Waals surface area (Å²) in [6.07, 6.45) is 11.6. The molecule has 0 aromatic carbocycles. The van der Waals surface area contributed by atoms with Crippen LogP contribution < -0.4 is 0 Å². The first kappa shape index (κ1) is 23.4. The first-order valence-corrected chi connectivity index (χ1v) is 11.6. The topological polar surface area (TPSA) is 93.2 Å². The van der Waals surface area contributed by atoms with E-state index in [0.717, 1.165) is 38.5 Å². The minimum absolute atomic E-state index is 0.0209. The number of epoxide rings is 1. The molecular formula is C19H36O6S. The van der Waals surface area contributed by atoms with Gasteiger partial charge in [-0.3, -0.25) is 9.35 Å². The predicted molar refractivity (Wildman–Crippen MR) is 102 cm³/mol. The van der Waals surface area contributed by atoms with Crippen LogP contribution in [-0.2, 0) is 24.4 Å². The fraction of sp³-hybridized carbons (Fsp3) is 0.947. The molecule has 3 atom stereocenters. The predicted octanol–water partition coefficient (Wildman–Crippen LogP) is 4.27. The number of esters is 1. The van der Waals surface area contributed by atoms with Gasteiger partial charge in [-0.15, -0.1) is 0 Å². The van der Waals surface area contributed by atoms with Gasteiger partial charge in [0, 0.05) is 6.42 Å². The van der Waals surface area contributed by atoms with E-state index in [-0.39, 0.29) is 18.2 Å². The van der Waals surface area contributed by atoms with Gasteiger partial charge in [-0.05, 0) is 19.3 Å². The zero-order chi connectivity index (χ0) is 19.4. The third-order valence-corrected chi connectivity index (χ3v) is 6.33. The fourth-order valence-electron chi connectivity index (χ4n) is 3.39. The van der Waals surface area contributed by atoms with E-state index in [1.807, 2.05) is 0 Å². The lowest BCUT2D eigenvalue weighted by Crippen LogP contribution is -2.27. The molecule has 0 aromatic heterocycles. The monoisotopic (exact) mass is 392 g/mol. The molecule has 0 radical (unpaired) electrons. The molecule has 3 unspecified atom stereocenters. The molecule has 7 heteroatoms. The number of methoxy groups -OCH3 is 1. The Hall–Kier alpha value is -0.660. The molecule has 1 rings (SSSR count). The van der Waals surface area contributed by atoms with Crippen LogP contribution >= 0.6 is 0 Å². The highest BCUT2D eigenvalue weighted by molar-refractivity contribution is 7.86. The minimum Gasteiger partial charge on any atom is -0.469 e. The summed E-state index contributed by atoms with van der Waals surface area (Å²) in [5, 5.41) is -0.812. The minimum atomic E-state index is -4.09. The number of hydrogen-bond donors (Lipinski definition) is 1. The third-order valence-electron chi connectivity index (χ3n) is 5.06. The number of carbonyl (C=O) groups is 1. The second-order valence-electron chi connectivity index (χ2n) is 7.28. The van der Waals surface area contributed by atoms with Gasteiger partial charge >= 0.3 is 5.97 Å². The number of hydrogen-bond acceptors (Lipinski definition) is 5. The number of unbranched alkanes of at least 4 members (excludes halogenated alkanes) is 8. The second-order valence-corrected chi connectivity index (χ2v) is 8.91. The summed E-state index contributed by atoms with van der Waals surface area (Å²) in [6.45, 7) is 2.19. The molecule has 26 heavy (non-hydrogen) atoms. The third kappa shape index (κ3) is 9.88. The van der Waals surface area contributed by atoms with Crippen molar-refractivity contribution in [1.29, 1.82) is 0 Å². The maximum Gasteiger partial charge on any atom is 0.305 e. The van der Waals surface area contributed by atoms with Crippen LogP contribution in [0.4, 0.5) is 0 Å². The molecule has 0 amide bonds. The van der Waals surface area contributed by atoms with Crippen molar-refractivity contribution in [1.82, 2.24) is 0 Å². The second kappa shape index (κ2) is 12.7. The van der Waals surface area contributed by atoms with E-state index in [2.05, 4.69) is 11.7 Å². The van der Waals surface area contributed by atoms with Gasteiger partial charge in [-0.2, -0.15) is 8.42 Å². The molecule has 1 saturated heterocycles. The van der Waals surface area contributed by atoms with Crippen molar-refractivity contribution < 1.29 is 27.2 Å². The lowest BCUT2D eigenvalue weighted by atomic mass is 10.0. The van der Waals surface area contributed by atoms with E-state index in [1.54, 1.807) is 0 Å². The SMILES string of the molecule is CCCCCCCCC1OC1C(CCCCCCC(=O)OC)S(=O)(=O)O. The smallest absolute Gasteiger partial charge is 0.305 e. The zero-order valence-electron chi connectivity index (χ0n) is 16.3. The molecule has 0 spiro atoms. The summed E-state index contributed by atoms with van der Waals surface area (Å²) in [5.74, 6) is -0.218. The van der Waals surface area contributed by atoms with E-state index >= 15 is 0 Å². The molecule has 1 aliphatic heterocycles. The van der Waals surface area contributed by atoms with Gasteiger partial charge in [-0.1, -0.05) is 64.7 Å². The van der Waals surface area contributed by atoms with Crippen molar-refractivity contribution in [2.75, 3.05) is 7.11 Å². The summed E-state index contributed by atoms with van der Waals surface area (Å²) in [5.41, 5.74) is 0. The van der Waals surface area contributed by atoms with Gasteiger partial charge in [0.25, 0.3) is 10.1 Å². The van der Waals surface area contributed by atoms with Crippen LogP contribution in [0.25, 0.3) is 0 Å². The van der Waals surface area contributed by atoms with Crippen LogP contribution in [0.3, 0.4) is 0 Å². The Morgan fingerprint density at radius 1 is 1.04 bits per heavy atom. The molecule has 0 bridgehead atoms. The lowest BCUT2D eigenvalue weighted by molar-refractivity contribution is -0.140. The Balaban J connectivity index is 2.20. The van der Waals surface area contributed by atoms with Crippen molar-refractivity contribution in [3.05, 3.63) is 0 Å². The normalized spacial score (nSPS) is 20.7. The van der Waals surface area contributed by atoms with Crippen molar-refractivity contribution >= 4 is 16.1 Å². The van der Waals surface area contributed by atoms with Crippen molar-refractivity contribution in [2.24, 2.45) is 0 Å². The van der Waals surface area contributed by atoms with Crippen LogP contribution in [-0.4, -0.2) is 43.5 Å². The standard InChI is InChI=1S/C19H36O6S/c1-3-4-5-6-7-10-13-16-19(25-16)17(26(21,22)23)14-11-8-9-12-15-18(20)24-2/h16-17,19H,3-15H2,1-2H3,(H,21,22,23). The van der Waals surface area contributed by atoms with Gasteiger partial charge in [0.2, 0.25) is 0 Å². The first-order chi connectivity index (χ1) is 12.4. The highest BCUT2D eigenvalue weighted by atomic mass is 32.2. The fourth-order valence-corrected chi connectivity index (χ4v) is 4.44. The Kier molecular flexibility index (Phi) is 11.4. The Morgan fingerprint density at radius 3 is 2.31 bits per heavy atom. The zero-order valence-corrected chi connectivity index (χ0v) is 17.1. The van der Waals surface area contributed by atoms with Crippen LogP contribution in [0.1, 0.15) is 90.4 Å². The Labute approximate surface area is 158 Å². The summed E-state index contributed by atoms with van der Waals surface area (Å²) in [4.78, 5) is 11.0. The quantitative estimate of drug-likeness (QED) is 0.182. The molecule has 1 N–H and O–H groups in total. The van der Waals surface area contributed by atoms with E-state index in [1.165, 1.54) is 32.8 Å². The molecule has 6 nitrogen and oxygen atoms in total. The summed E-state index contributed by atoms with van der Waals surface area (Å²) < 4.78 is 43.0. The maximum atomic E-state index is 11.7. The molecule has 0 aromatic rings. The number of rotatable bonds is 16. The van der Waals surface area contributed by atoms with E-state index in [9.17, 15) is 17.8 Å². The summed E-state index contributed by atoms with van der Waals surface area (Å²) in [7, 11) is -2.72. The van der Waals surface area contributed by atoms with Gasteiger partial charge in [0.1, 0.15) is 11.4 Å². The van der Waals surface area contributed by atoms with E-state index in [0.29, 0.717) is 19.3 Å². The van der Waals surface area contributed by atoms with Crippen molar-refractivity contribution in [3.63, 3.8) is 0 Å². The van der Waals surface area contributed by atoms with Gasteiger partial charge in [0.15, 0.2) is 0 Å². The highest BCUT2D eigenvalue weighted by Gasteiger charge is 2.48. The van der Waals surface area contributed by atoms with Crippen molar-refractivity contribution in [3.8, 4) is 0 Å². The molecular weight excluding hydrogens is 356 g/mol. The molecule has 1 aliphatic rings. The molecule has 0 saturated carbocycles. The van der Waals surface area contributed by atoms with Gasteiger partial charge in [-0.25, -0.2) is 0 Å². The van der Waals surface area contributed by atoms with Gasteiger partial charge in [0.05, 0.1) is 13.2 Å². The number of ether oxygens (including phenoxy) is 2. The van der Waals surface area contributed by atoms with E-state index < -0.39 is 15.4 Å². The number of carbonyl (C=O) groups excluding carboxylic acids is 1. The van der Waals surface area contributed by atoms with Crippen LogP contribution in [0.15, 0.2) is 0 Å². The molecule has 154 valence electrons. The first-order valence-electron chi connectivity index (χ1n) is 10.1. The molecule has 0 aliphatic carbocycles. The van der Waals surface area contributed by atoms with Crippen molar-refractivity contribution in [2.45, 2.75) is 108 Å². The van der Waals surface area contributed by atoms with Crippen LogP contribution in [0.5, 0.6) is 0 Å². The maximum absolute atomic E-state index is 11.7. The Bertz CT molecular complexity index is 490. The van der Waals surface area contributed by atoms with Gasteiger partial charge < -0.3 is 9.47 Å². The highest BCUT2D eigenvalue weighted by Crippen LogP contribution is 2.35.